The summed E-state index contributed by atoms with van der Waals surface area (Å²) >= 11 is 0. The zero-order valence-corrected chi connectivity index (χ0v) is 18.3. The van der Waals surface area contributed by atoms with E-state index in [0.29, 0.717) is 38.5 Å². The van der Waals surface area contributed by atoms with Crippen molar-refractivity contribution in [3.05, 3.63) is 24.3 Å². The van der Waals surface area contributed by atoms with Crippen LogP contribution in [0.25, 0.3) is 0 Å². The van der Waals surface area contributed by atoms with Crippen LogP contribution in [0.4, 0.5) is 0 Å². The lowest BCUT2D eigenvalue weighted by atomic mass is 10.2. The molecule has 1 N–H and O–H groups in total. The van der Waals surface area contributed by atoms with Gasteiger partial charge in [-0.05, 0) is 37.1 Å². The van der Waals surface area contributed by atoms with Crippen LogP contribution in [0.15, 0.2) is 29.2 Å². The van der Waals surface area contributed by atoms with Crippen molar-refractivity contribution in [3.8, 4) is 5.75 Å². The first-order valence-corrected chi connectivity index (χ1v) is 12.8. The second-order valence-corrected chi connectivity index (χ2v) is 11.2. The highest BCUT2D eigenvalue weighted by Crippen LogP contribution is 2.22. The average molecular weight is 448 g/mol. The maximum absolute atomic E-state index is 13.2. The summed E-state index contributed by atoms with van der Waals surface area (Å²) in [6.45, 7) is 2.64. The third-order valence-electron chi connectivity index (χ3n) is 5.20. The third-order valence-corrected chi connectivity index (χ3v) is 8.93. The smallest absolute Gasteiger partial charge is 0.243 e. The van der Waals surface area contributed by atoms with Crippen molar-refractivity contribution in [1.29, 1.82) is 0 Å². The van der Waals surface area contributed by atoms with Crippen LogP contribution >= 0.6 is 0 Å². The molecule has 164 valence electrons. The molecule has 0 radical (unpaired) electrons. The van der Waals surface area contributed by atoms with Crippen molar-refractivity contribution < 1.29 is 26.3 Å². The van der Waals surface area contributed by atoms with Gasteiger partial charge in [0, 0.05) is 45.9 Å². The number of nitrogens with one attached hydrogen (secondary N) is 1. The molecular formula is C18H29N3O6S2. The molecule has 2 heterocycles. The van der Waals surface area contributed by atoms with E-state index in [1.54, 1.807) is 12.1 Å². The van der Waals surface area contributed by atoms with Gasteiger partial charge in [0.1, 0.15) is 5.75 Å². The van der Waals surface area contributed by atoms with Gasteiger partial charge in [-0.1, -0.05) is 0 Å². The highest BCUT2D eigenvalue weighted by Gasteiger charge is 2.32. The van der Waals surface area contributed by atoms with Crippen LogP contribution in [0.5, 0.6) is 5.75 Å². The first kappa shape index (κ1) is 22.4. The first-order chi connectivity index (χ1) is 13.8. The molecule has 0 spiro atoms. The van der Waals surface area contributed by atoms with Gasteiger partial charge in [0.05, 0.1) is 23.9 Å². The number of methoxy groups -OCH3 is 1. The highest BCUT2D eigenvalue weighted by molar-refractivity contribution is 7.90. The summed E-state index contributed by atoms with van der Waals surface area (Å²) in [5, 5.41) is 3.12. The van der Waals surface area contributed by atoms with Crippen LogP contribution < -0.4 is 10.1 Å². The van der Waals surface area contributed by atoms with Gasteiger partial charge in [-0.25, -0.2) is 16.8 Å². The van der Waals surface area contributed by atoms with Gasteiger partial charge in [0.15, 0.2) is 0 Å². The Hall–Kier alpha value is -1.24. The maximum atomic E-state index is 13.2. The lowest BCUT2D eigenvalue weighted by Crippen LogP contribution is -2.49. The number of sulfonamides is 2. The fourth-order valence-corrected chi connectivity index (χ4v) is 6.53. The largest absolute Gasteiger partial charge is 0.497 e. The van der Waals surface area contributed by atoms with E-state index < -0.39 is 20.0 Å². The van der Waals surface area contributed by atoms with Gasteiger partial charge in [-0.3, -0.25) is 0 Å². The van der Waals surface area contributed by atoms with Gasteiger partial charge in [-0.15, -0.1) is 0 Å². The van der Waals surface area contributed by atoms with E-state index >= 15 is 0 Å². The average Bonchev–Trinajstić information content (AvgIpc) is 3.25. The minimum atomic E-state index is -3.86. The second kappa shape index (κ2) is 9.71. The number of hydrogen-bond acceptors (Lipinski definition) is 7. The predicted molar refractivity (Wildman–Crippen MR) is 109 cm³/mol. The molecule has 0 amide bonds. The Balaban J connectivity index is 1.77. The zero-order chi connectivity index (χ0) is 20.9. The number of benzene rings is 1. The molecule has 2 aliphatic rings. The fraction of sp³-hybridized carbons (Fsp3) is 0.667. The van der Waals surface area contributed by atoms with Gasteiger partial charge in [-0.2, -0.15) is 8.61 Å². The third kappa shape index (κ3) is 5.68. The van der Waals surface area contributed by atoms with Gasteiger partial charge in [0.25, 0.3) is 0 Å². The van der Waals surface area contributed by atoms with Crippen LogP contribution in [0.2, 0.25) is 0 Å². The first-order valence-electron chi connectivity index (χ1n) is 9.77. The van der Waals surface area contributed by atoms with Crippen LogP contribution in [0.1, 0.15) is 12.8 Å². The van der Waals surface area contributed by atoms with Crippen molar-refractivity contribution in [2.45, 2.75) is 23.8 Å². The van der Waals surface area contributed by atoms with Crippen molar-refractivity contribution >= 4 is 20.0 Å². The van der Waals surface area contributed by atoms with Gasteiger partial charge >= 0.3 is 0 Å². The molecule has 2 saturated heterocycles. The van der Waals surface area contributed by atoms with E-state index in [0.717, 1.165) is 12.8 Å². The number of rotatable bonds is 9. The molecule has 2 aliphatic heterocycles. The Morgan fingerprint density at radius 2 is 1.86 bits per heavy atom. The van der Waals surface area contributed by atoms with Gasteiger partial charge in [0.2, 0.25) is 20.0 Å². The number of piperazine rings is 1. The van der Waals surface area contributed by atoms with Crippen LogP contribution in [-0.2, 0) is 24.8 Å². The Kier molecular flexibility index (Phi) is 7.52. The van der Waals surface area contributed by atoms with E-state index in [1.165, 1.54) is 27.9 Å². The highest BCUT2D eigenvalue weighted by atomic mass is 32.2. The summed E-state index contributed by atoms with van der Waals surface area (Å²) in [5.41, 5.74) is 0. The predicted octanol–water partition coefficient (Wildman–Crippen LogP) is 0.0999. The van der Waals surface area contributed by atoms with Crippen molar-refractivity contribution in [2.24, 2.45) is 0 Å². The normalized spacial score (nSPS) is 21.5. The molecule has 2 fully saturated rings. The van der Waals surface area contributed by atoms with Crippen LogP contribution in [0.3, 0.4) is 0 Å². The summed E-state index contributed by atoms with van der Waals surface area (Å²) in [5.74, 6) is 0.297. The number of ether oxygens (including phenoxy) is 2. The van der Waals surface area contributed by atoms with Crippen molar-refractivity contribution in [1.82, 2.24) is 13.9 Å². The standard InChI is InChI=1S/C18H29N3O6S2/c1-26-16-4-6-18(7-5-16)29(24,25)21(15-17-3-2-13-27-17)12-14-28(22,23)20-10-8-19-9-11-20/h4-7,17,19H,2-3,8-15H2,1H3. The van der Waals surface area contributed by atoms with E-state index in [9.17, 15) is 16.8 Å². The summed E-state index contributed by atoms with van der Waals surface area (Å²) in [6, 6.07) is 6.10. The van der Waals surface area contributed by atoms with Crippen molar-refractivity contribution in [3.63, 3.8) is 0 Å². The molecule has 0 saturated carbocycles. The molecule has 1 unspecified atom stereocenters. The van der Waals surface area contributed by atoms with Crippen LogP contribution in [-0.4, -0.2) is 90.3 Å². The molecule has 0 aliphatic carbocycles. The fourth-order valence-electron chi connectivity index (χ4n) is 3.49. The second-order valence-electron chi connectivity index (χ2n) is 7.14. The Morgan fingerprint density at radius 1 is 1.17 bits per heavy atom. The summed E-state index contributed by atoms with van der Waals surface area (Å²) in [4.78, 5) is 0.107. The Bertz CT molecular complexity index is 861. The van der Waals surface area contributed by atoms with E-state index in [1.807, 2.05) is 0 Å². The number of nitrogens with zero attached hydrogens (tertiary/aromatic N) is 2. The van der Waals surface area contributed by atoms with Gasteiger partial charge < -0.3 is 14.8 Å². The number of hydrogen-bond donors (Lipinski definition) is 1. The SMILES string of the molecule is COc1ccc(S(=O)(=O)N(CCS(=O)(=O)N2CCNCC2)CC2CCCO2)cc1. The molecule has 11 heteroatoms. The molecule has 0 aromatic heterocycles. The maximum Gasteiger partial charge on any atom is 0.243 e. The summed E-state index contributed by atoms with van der Waals surface area (Å²) in [7, 11) is -5.89. The molecule has 1 aromatic rings. The Labute approximate surface area is 173 Å². The Morgan fingerprint density at radius 3 is 2.45 bits per heavy atom. The van der Waals surface area contributed by atoms with E-state index in [2.05, 4.69) is 5.32 Å². The molecule has 1 atom stereocenters. The van der Waals surface area contributed by atoms with Crippen LogP contribution in [0, 0.1) is 0 Å². The van der Waals surface area contributed by atoms with Crippen molar-refractivity contribution in [2.75, 3.05) is 58.7 Å². The summed E-state index contributed by atoms with van der Waals surface area (Å²) < 4.78 is 65.2. The molecule has 29 heavy (non-hydrogen) atoms. The zero-order valence-electron chi connectivity index (χ0n) is 16.6. The quantitative estimate of drug-likeness (QED) is 0.572. The monoisotopic (exact) mass is 447 g/mol. The molecule has 1 aromatic carbocycles. The molecule has 3 rings (SSSR count). The molecule has 9 nitrogen and oxygen atoms in total. The van der Waals surface area contributed by atoms with E-state index in [-0.39, 0.29) is 29.8 Å². The lowest BCUT2D eigenvalue weighted by Gasteiger charge is -2.29. The minimum Gasteiger partial charge on any atom is -0.497 e. The minimum absolute atomic E-state index is 0.107. The summed E-state index contributed by atoms with van der Waals surface area (Å²) in [6.07, 6.45) is 1.42. The molecular weight excluding hydrogens is 418 g/mol. The van der Waals surface area contributed by atoms with E-state index in [4.69, 9.17) is 9.47 Å². The topological polar surface area (TPSA) is 105 Å². The lowest BCUT2D eigenvalue weighted by molar-refractivity contribution is 0.0947. The molecule has 0 bridgehead atoms.